The summed E-state index contributed by atoms with van der Waals surface area (Å²) in [6.07, 6.45) is 3.36. The van der Waals surface area contributed by atoms with Gasteiger partial charge in [-0.2, -0.15) is 0 Å². The maximum atomic E-state index is 14.6. The number of benzene rings is 2. The van der Waals surface area contributed by atoms with Gasteiger partial charge < -0.3 is 0 Å². The van der Waals surface area contributed by atoms with Gasteiger partial charge in [0.1, 0.15) is 0 Å². The van der Waals surface area contributed by atoms with Crippen LogP contribution in [0.25, 0.3) is 0 Å². The molecular formula is C24H22F4I2N3-. The molecule has 0 aliphatic heterocycles. The van der Waals surface area contributed by atoms with Crippen molar-refractivity contribution in [2.45, 2.75) is 11.4 Å². The van der Waals surface area contributed by atoms with Crippen LogP contribution in [0.3, 0.4) is 0 Å². The van der Waals surface area contributed by atoms with Crippen molar-refractivity contribution in [2.24, 2.45) is 0 Å². The summed E-state index contributed by atoms with van der Waals surface area (Å²) in [7, 11) is 5.98. The number of nitrogens with zero attached hydrogens (tertiary/aromatic N) is 3. The van der Waals surface area contributed by atoms with E-state index in [0.29, 0.717) is 21.9 Å². The number of hydrogen-bond acceptors (Lipinski definition) is 2. The van der Waals surface area contributed by atoms with Gasteiger partial charge in [-0.05, 0) is 0 Å². The molecule has 0 aliphatic rings. The van der Waals surface area contributed by atoms with E-state index in [4.69, 9.17) is 0 Å². The molecule has 1 aromatic heterocycles. The molecule has 0 aliphatic carbocycles. The standard InChI is InChI=1S/C24H22F4I2N3/c1-15-31-12-16(13-32-15)11-29-19-9-7-17(21(25)23(19)27)5-6-18-8-10-20(24(28)22(18)26)30-14-33(2,3)4/h7-10,12-13H,11,14H2,1-4H3/q-1. The molecule has 9 heteroatoms. The number of halogens is 6. The van der Waals surface area contributed by atoms with Crippen molar-refractivity contribution in [3.63, 3.8) is 0 Å². The summed E-state index contributed by atoms with van der Waals surface area (Å²) in [5, 5.41) is 0. The maximum absolute atomic E-state index is 14.6. The fourth-order valence-corrected chi connectivity index (χ4v) is 7.11. The molecule has 0 radical (unpaired) electrons. The molecule has 2 aromatic carbocycles. The van der Waals surface area contributed by atoms with Crippen LogP contribution in [0.15, 0.2) is 36.7 Å². The zero-order valence-corrected chi connectivity index (χ0v) is 22.8. The number of aryl methyl sites for hydroxylation is 1. The molecule has 1 heterocycles. The summed E-state index contributed by atoms with van der Waals surface area (Å²) < 4.78 is 60.7. The van der Waals surface area contributed by atoms with Gasteiger partial charge in [0.25, 0.3) is 0 Å². The zero-order valence-electron chi connectivity index (χ0n) is 18.5. The second-order valence-electron chi connectivity index (χ2n) is 8.15. The second kappa shape index (κ2) is 11.1. The predicted molar refractivity (Wildman–Crippen MR) is 109 cm³/mol. The first-order valence-electron chi connectivity index (χ1n) is 9.79. The van der Waals surface area contributed by atoms with Crippen molar-refractivity contribution in [3.05, 3.63) is 89.6 Å². The molecule has 0 spiro atoms. The van der Waals surface area contributed by atoms with E-state index in [1.165, 1.54) is 24.3 Å². The van der Waals surface area contributed by atoms with Gasteiger partial charge in [-0.3, -0.25) is 0 Å². The Morgan fingerprint density at radius 3 is 1.73 bits per heavy atom. The fourth-order valence-electron chi connectivity index (χ4n) is 2.47. The van der Waals surface area contributed by atoms with E-state index < -0.39 is 65.7 Å². The van der Waals surface area contributed by atoms with Gasteiger partial charge in [0, 0.05) is 0 Å². The van der Waals surface area contributed by atoms with Gasteiger partial charge in [-0.1, -0.05) is 0 Å². The van der Waals surface area contributed by atoms with Gasteiger partial charge in [0.15, 0.2) is 0 Å². The molecule has 0 amide bonds. The van der Waals surface area contributed by atoms with Crippen LogP contribution < -0.4 is 42.4 Å². The molecular weight excluding hydrogens is 660 g/mol. The molecule has 0 saturated heterocycles. The average Bonchev–Trinajstić information content (AvgIpc) is 2.76. The monoisotopic (exact) mass is 682 g/mol. The Balaban J connectivity index is 1.76. The molecule has 3 nitrogen and oxygen atoms in total. The molecule has 33 heavy (non-hydrogen) atoms. The normalized spacial score (nSPS) is 11.5. The van der Waals surface area contributed by atoms with E-state index in [9.17, 15) is 17.6 Å². The van der Waals surface area contributed by atoms with Gasteiger partial charge >= 0.3 is 213 Å². The second-order valence-corrected chi connectivity index (χ2v) is 13.4. The fraction of sp³-hybridized carbons (Fsp3) is 0.250. The van der Waals surface area contributed by atoms with Gasteiger partial charge in [-0.25, -0.2) is 0 Å². The Morgan fingerprint density at radius 2 is 1.24 bits per heavy atom. The van der Waals surface area contributed by atoms with Crippen molar-refractivity contribution < 1.29 is 64.5 Å². The molecule has 0 bridgehead atoms. The number of alkyl halides is 2. The first kappa shape index (κ1) is 25.8. The summed E-state index contributed by atoms with van der Waals surface area (Å²) in [5.74, 6) is 1.56. The molecule has 0 saturated carbocycles. The van der Waals surface area contributed by atoms with E-state index in [1.807, 2.05) is 21.1 Å². The van der Waals surface area contributed by atoms with Gasteiger partial charge in [-0.15, -0.1) is 0 Å². The van der Waals surface area contributed by atoms with Crippen molar-refractivity contribution in [3.8, 4) is 11.8 Å². The van der Waals surface area contributed by atoms with E-state index in [1.54, 1.807) is 19.3 Å². The van der Waals surface area contributed by atoms with Crippen molar-refractivity contribution in [2.75, 3.05) is 25.7 Å². The van der Waals surface area contributed by atoms with E-state index >= 15 is 0 Å². The SMILES string of the molecule is Cc1ncc(C[I-]c2ccc(C#Cc3ccc([I-]C[N+](C)(C)C)c(F)c3F)c(F)c2F)cn1. The molecule has 0 unspecified atom stereocenters. The first-order valence-corrected chi connectivity index (χ1v) is 15.0. The van der Waals surface area contributed by atoms with Crippen LogP contribution >= 0.6 is 0 Å². The molecule has 3 rings (SSSR count). The number of aromatic nitrogens is 2. The summed E-state index contributed by atoms with van der Waals surface area (Å²) in [6.45, 7) is 1.77. The predicted octanol–water partition coefficient (Wildman–Crippen LogP) is -1.88. The quantitative estimate of drug-likeness (QED) is 0.0580. The Morgan fingerprint density at radius 1 is 0.758 bits per heavy atom. The van der Waals surface area contributed by atoms with Crippen molar-refractivity contribution in [1.82, 2.24) is 9.97 Å². The van der Waals surface area contributed by atoms with Crippen LogP contribution in [0, 0.1) is 49.2 Å². The average molecular weight is 682 g/mol. The van der Waals surface area contributed by atoms with Crippen LogP contribution in [-0.2, 0) is 4.43 Å². The summed E-state index contributed by atoms with van der Waals surface area (Å²) in [6, 6.07) is 5.81. The molecule has 176 valence electrons. The molecule has 0 N–H and O–H groups in total. The minimum absolute atomic E-state index is 0.179. The molecule has 3 aromatic rings. The Labute approximate surface area is 211 Å². The number of hydrogen-bond donors (Lipinski definition) is 0. The van der Waals surface area contributed by atoms with Crippen molar-refractivity contribution in [1.29, 1.82) is 0 Å². The third kappa shape index (κ3) is 7.10. The van der Waals surface area contributed by atoms with Crippen LogP contribution in [0.4, 0.5) is 17.6 Å². The third-order valence-electron chi connectivity index (χ3n) is 4.16. The molecule has 0 atom stereocenters. The number of quaternary nitrogens is 1. The van der Waals surface area contributed by atoms with E-state index in [2.05, 4.69) is 21.8 Å². The summed E-state index contributed by atoms with van der Waals surface area (Å²) >= 11 is -1.55. The van der Waals surface area contributed by atoms with E-state index in [0.717, 1.165) is 10.1 Å². The Kier molecular flexibility index (Phi) is 8.69. The van der Waals surface area contributed by atoms with Crippen molar-refractivity contribution >= 4 is 0 Å². The number of rotatable bonds is 6. The van der Waals surface area contributed by atoms with Crippen LogP contribution in [0.5, 0.6) is 0 Å². The zero-order chi connectivity index (χ0) is 24.2. The topological polar surface area (TPSA) is 25.8 Å². The Bertz CT molecular complexity index is 1210. The Hall–Kier alpha value is -1.78. The van der Waals surface area contributed by atoms with Crippen LogP contribution in [0.1, 0.15) is 22.5 Å². The van der Waals surface area contributed by atoms with Gasteiger partial charge in [0.2, 0.25) is 0 Å². The van der Waals surface area contributed by atoms with Crippen LogP contribution in [0.2, 0.25) is 0 Å². The minimum atomic E-state index is -1.08. The van der Waals surface area contributed by atoms with E-state index in [-0.39, 0.29) is 11.1 Å². The summed E-state index contributed by atoms with van der Waals surface area (Å²) in [4.78, 5) is 8.20. The van der Waals surface area contributed by atoms with Gasteiger partial charge in [0.05, 0.1) is 0 Å². The van der Waals surface area contributed by atoms with Crippen LogP contribution in [-0.4, -0.2) is 40.1 Å². The third-order valence-corrected chi connectivity index (χ3v) is 11.1. The molecule has 0 fully saturated rings. The first-order chi connectivity index (χ1) is 15.5. The summed E-state index contributed by atoms with van der Waals surface area (Å²) in [5.41, 5.74) is 0.489.